The molecular formula is C23H22BrN7O3S2. The van der Waals surface area contributed by atoms with Gasteiger partial charge in [-0.2, -0.15) is 0 Å². The van der Waals surface area contributed by atoms with Gasteiger partial charge in [0.25, 0.3) is 10.0 Å². The molecule has 0 spiro atoms. The minimum atomic E-state index is -3.87. The maximum absolute atomic E-state index is 12.6. The van der Waals surface area contributed by atoms with Crippen LogP contribution in [0, 0.1) is 6.92 Å². The van der Waals surface area contributed by atoms with Crippen molar-refractivity contribution in [3.05, 3.63) is 71.0 Å². The molecular weight excluding hydrogens is 566 g/mol. The Morgan fingerprint density at radius 2 is 1.83 bits per heavy atom. The molecule has 0 saturated carbocycles. The number of thioether (sulfide) groups is 1. The van der Waals surface area contributed by atoms with Gasteiger partial charge in [-0.1, -0.05) is 45.9 Å². The molecule has 2 heterocycles. The summed E-state index contributed by atoms with van der Waals surface area (Å²) >= 11 is 4.81. The van der Waals surface area contributed by atoms with Gasteiger partial charge in [-0.05, 0) is 50.2 Å². The fraction of sp³-hybridized carbons (Fsp3) is 0.174. The van der Waals surface area contributed by atoms with Gasteiger partial charge in [0.2, 0.25) is 11.9 Å². The number of anilines is 2. The van der Waals surface area contributed by atoms with E-state index in [9.17, 15) is 13.2 Å². The number of hydrogen-bond acceptors (Lipinski definition) is 8. The van der Waals surface area contributed by atoms with Crippen molar-refractivity contribution in [2.45, 2.75) is 30.4 Å². The van der Waals surface area contributed by atoms with Crippen molar-refractivity contribution in [1.82, 2.24) is 24.7 Å². The van der Waals surface area contributed by atoms with E-state index in [0.717, 1.165) is 10.0 Å². The molecule has 4 rings (SSSR count). The van der Waals surface area contributed by atoms with Crippen molar-refractivity contribution in [3.8, 4) is 11.4 Å². The van der Waals surface area contributed by atoms with Crippen molar-refractivity contribution < 1.29 is 13.2 Å². The predicted molar refractivity (Wildman–Crippen MR) is 142 cm³/mol. The zero-order valence-corrected chi connectivity index (χ0v) is 22.6. The summed E-state index contributed by atoms with van der Waals surface area (Å²) in [6.07, 6.45) is 1.47. The van der Waals surface area contributed by atoms with E-state index in [1.165, 1.54) is 42.2 Å². The molecule has 0 unspecified atom stereocenters. The maximum atomic E-state index is 12.6. The minimum absolute atomic E-state index is 0.00730. The smallest absolute Gasteiger partial charge is 0.264 e. The second kappa shape index (κ2) is 11.2. The second-order valence-corrected chi connectivity index (χ2v) is 11.0. The molecule has 0 aliphatic carbocycles. The lowest BCUT2D eigenvalue weighted by Crippen LogP contribution is -2.16. The van der Waals surface area contributed by atoms with Crippen LogP contribution in [0.15, 0.2) is 75.3 Å². The number of benzene rings is 2. The molecule has 0 fully saturated rings. The molecule has 0 saturated heterocycles. The van der Waals surface area contributed by atoms with Crippen LogP contribution in [0.1, 0.15) is 12.6 Å². The van der Waals surface area contributed by atoms with Crippen LogP contribution >= 0.6 is 27.7 Å². The molecule has 186 valence electrons. The predicted octanol–water partition coefficient (Wildman–Crippen LogP) is 4.36. The zero-order chi connectivity index (χ0) is 25.7. The number of hydrogen-bond donors (Lipinski definition) is 2. The molecule has 0 bridgehead atoms. The van der Waals surface area contributed by atoms with E-state index in [4.69, 9.17) is 0 Å². The van der Waals surface area contributed by atoms with Gasteiger partial charge in [0.1, 0.15) is 0 Å². The first-order chi connectivity index (χ1) is 17.3. The first kappa shape index (κ1) is 25.8. The summed E-state index contributed by atoms with van der Waals surface area (Å²) < 4.78 is 30.4. The fourth-order valence-corrected chi connectivity index (χ4v) is 5.46. The average molecular weight is 589 g/mol. The number of amides is 1. The highest BCUT2D eigenvalue weighted by atomic mass is 79.9. The molecule has 10 nitrogen and oxygen atoms in total. The van der Waals surface area contributed by atoms with Crippen LogP contribution in [0.2, 0.25) is 0 Å². The maximum Gasteiger partial charge on any atom is 0.264 e. The van der Waals surface area contributed by atoms with Crippen LogP contribution in [0.3, 0.4) is 0 Å². The number of rotatable bonds is 9. The highest BCUT2D eigenvalue weighted by Gasteiger charge is 2.18. The van der Waals surface area contributed by atoms with Gasteiger partial charge < -0.3 is 9.88 Å². The Kier molecular flexibility index (Phi) is 8.01. The van der Waals surface area contributed by atoms with Gasteiger partial charge in [0.05, 0.1) is 10.6 Å². The first-order valence-corrected chi connectivity index (χ1v) is 14.1. The fourth-order valence-electron chi connectivity index (χ4n) is 3.24. The number of sulfonamides is 1. The summed E-state index contributed by atoms with van der Waals surface area (Å²) in [4.78, 5) is 20.5. The Hall–Kier alpha value is -3.29. The minimum Gasteiger partial charge on any atom is -0.325 e. The topological polar surface area (TPSA) is 132 Å². The second-order valence-electron chi connectivity index (χ2n) is 7.52. The molecule has 2 aromatic heterocycles. The Morgan fingerprint density at radius 3 is 2.53 bits per heavy atom. The number of aryl methyl sites for hydroxylation is 1. The molecule has 0 radical (unpaired) electrons. The number of nitrogens with zero attached hydrogens (tertiary/aromatic N) is 5. The highest BCUT2D eigenvalue weighted by molar-refractivity contribution is 9.10. The van der Waals surface area contributed by atoms with Crippen molar-refractivity contribution in [2.24, 2.45) is 0 Å². The normalized spacial score (nSPS) is 11.3. The highest BCUT2D eigenvalue weighted by Crippen LogP contribution is 2.29. The van der Waals surface area contributed by atoms with Gasteiger partial charge in [-0.15, -0.1) is 10.2 Å². The van der Waals surface area contributed by atoms with E-state index in [0.29, 0.717) is 28.9 Å². The summed E-state index contributed by atoms with van der Waals surface area (Å²) in [7, 11) is -3.87. The van der Waals surface area contributed by atoms with E-state index in [2.05, 4.69) is 46.1 Å². The van der Waals surface area contributed by atoms with Crippen LogP contribution in [-0.2, 0) is 21.4 Å². The van der Waals surface area contributed by atoms with Crippen LogP contribution in [0.5, 0.6) is 0 Å². The van der Waals surface area contributed by atoms with E-state index in [1.54, 1.807) is 13.0 Å². The van der Waals surface area contributed by atoms with Gasteiger partial charge >= 0.3 is 0 Å². The Labute approximate surface area is 221 Å². The zero-order valence-electron chi connectivity index (χ0n) is 19.3. The molecule has 0 aliphatic heterocycles. The van der Waals surface area contributed by atoms with E-state index < -0.39 is 10.0 Å². The van der Waals surface area contributed by atoms with Crippen molar-refractivity contribution in [3.63, 3.8) is 0 Å². The van der Waals surface area contributed by atoms with Crippen molar-refractivity contribution in [1.29, 1.82) is 0 Å². The SMILES string of the molecule is CCn1c(SCC(=O)Nc2ccc(S(=O)(=O)Nc3nccc(C)n3)cc2)nnc1-c1ccccc1Br. The summed E-state index contributed by atoms with van der Waals surface area (Å²) in [6, 6.07) is 15.3. The Morgan fingerprint density at radius 1 is 1.08 bits per heavy atom. The third-order valence-electron chi connectivity index (χ3n) is 4.95. The standard InChI is InChI=1S/C23H22BrN7O3S2/c1-3-31-21(18-6-4-5-7-19(18)24)28-29-23(31)35-14-20(32)27-16-8-10-17(11-9-16)36(33,34)30-22-25-13-12-15(2)26-22/h4-13H,3,14H2,1-2H3,(H,27,32)(H,25,26,30). The molecule has 13 heteroatoms. The van der Waals surface area contributed by atoms with E-state index in [-0.39, 0.29) is 22.5 Å². The summed E-state index contributed by atoms with van der Waals surface area (Å²) in [5.74, 6) is 0.567. The van der Waals surface area contributed by atoms with Crippen LogP contribution in [0.4, 0.5) is 11.6 Å². The van der Waals surface area contributed by atoms with Crippen molar-refractivity contribution in [2.75, 3.05) is 15.8 Å². The third-order valence-corrected chi connectivity index (χ3v) is 7.95. The van der Waals surface area contributed by atoms with Gasteiger partial charge in [-0.25, -0.2) is 23.1 Å². The third kappa shape index (κ3) is 6.09. The molecule has 2 N–H and O–H groups in total. The van der Waals surface area contributed by atoms with Crippen LogP contribution in [-0.4, -0.2) is 44.8 Å². The van der Waals surface area contributed by atoms with Crippen LogP contribution < -0.4 is 10.0 Å². The summed E-state index contributed by atoms with van der Waals surface area (Å²) in [5, 5.41) is 12.0. The lowest BCUT2D eigenvalue weighted by molar-refractivity contribution is -0.113. The molecule has 36 heavy (non-hydrogen) atoms. The summed E-state index contributed by atoms with van der Waals surface area (Å²) in [6.45, 7) is 4.37. The Bertz CT molecular complexity index is 1490. The van der Waals surface area contributed by atoms with E-state index >= 15 is 0 Å². The number of halogens is 1. The van der Waals surface area contributed by atoms with Gasteiger partial charge in [0.15, 0.2) is 11.0 Å². The van der Waals surface area contributed by atoms with E-state index in [1.807, 2.05) is 35.8 Å². The first-order valence-electron chi connectivity index (χ1n) is 10.8. The molecule has 0 atom stereocenters. The Balaban J connectivity index is 1.38. The number of aromatic nitrogens is 5. The molecule has 2 aromatic carbocycles. The largest absolute Gasteiger partial charge is 0.325 e. The quantitative estimate of drug-likeness (QED) is 0.276. The lowest BCUT2D eigenvalue weighted by atomic mass is 10.2. The monoisotopic (exact) mass is 587 g/mol. The lowest BCUT2D eigenvalue weighted by Gasteiger charge is -2.10. The average Bonchev–Trinajstić information content (AvgIpc) is 3.26. The number of nitrogens with one attached hydrogen (secondary N) is 2. The van der Waals surface area contributed by atoms with Gasteiger partial charge in [-0.3, -0.25) is 4.79 Å². The van der Waals surface area contributed by atoms with Crippen molar-refractivity contribution >= 4 is 55.3 Å². The summed E-state index contributed by atoms with van der Waals surface area (Å²) in [5.41, 5.74) is 2.03. The number of carbonyl (C=O) groups is 1. The molecule has 1 amide bonds. The number of carbonyl (C=O) groups excluding carboxylic acids is 1. The van der Waals surface area contributed by atoms with Crippen LogP contribution in [0.25, 0.3) is 11.4 Å². The molecule has 0 aliphatic rings. The van der Waals surface area contributed by atoms with Gasteiger partial charge in [0, 0.05) is 34.2 Å². The molecule has 4 aromatic rings.